The van der Waals surface area contributed by atoms with E-state index in [4.69, 9.17) is 4.42 Å². The van der Waals surface area contributed by atoms with Gasteiger partial charge in [0.2, 0.25) is 0 Å². The molecule has 0 spiro atoms. The van der Waals surface area contributed by atoms with Crippen molar-refractivity contribution in [3.8, 4) is 0 Å². The van der Waals surface area contributed by atoms with Gasteiger partial charge in [0, 0.05) is 6.42 Å². The Hall–Kier alpha value is -0.760. The zero-order chi connectivity index (χ0) is 8.81. The SMILES string of the molecule is CN(C)CCCCc1ccco1. The highest BCUT2D eigenvalue weighted by Gasteiger charge is 1.95. The molecule has 0 fully saturated rings. The third-order valence-electron chi connectivity index (χ3n) is 1.86. The van der Waals surface area contributed by atoms with Crippen LogP contribution in [0.5, 0.6) is 0 Å². The van der Waals surface area contributed by atoms with Gasteiger partial charge < -0.3 is 9.32 Å². The van der Waals surface area contributed by atoms with E-state index in [0.29, 0.717) is 0 Å². The molecule has 1 heterocycles. The van der Waals surface area contributed by atoms with Gasteiger partial charge in [0.1, 0.15) is 5.76 Å². The molecule has 0 amide bonds. The fraction of sp³-hybridized carbons (Fsp3) is 0.600. The van der Waals surface area contributed by atoms with Crippen molar-refractivity contribution >= 4 is 0 Å². The van der Waals surface area contributed by atoms with Gasteiger partial charge >= 0.3 is 0 Å². The summed E-state index contributed by atoms with van der Waals surface area (Å²) in [5, 5.41) is 0. The summed E-state index contributed by atoms with van der Waals surface area (Å²) in [5.74, 6) is 1.11. The molecule has 0 N–H and O–H groups in total. The van der Waals surface area contributed by atoms with Gasteiger partial charge in [0.05, 0.1) is 6.26 Å². The fourth-order valence-electron chi connectivity index (χ4n) is 1.18. The Kier molecular flexibility index (Phi) is 3.88. The van der Waals surface area contributed by atoms with Crippen LogP contribution in [0.2, 0.25) is 0 Å². The van der Waals surface area contributed by atoms with Crippen molar-refractivity contribution in [2.45, 2.75) is 19.3 Å². The highest BCUT2D eigenvalue weighted by atomic mass is 16.3. The van der Waals surface area contributed by atoms with Crippen LogP contribution in [0.25, 0.3) is 0 Å². The molecule has 1 aromatic heterocycles. The van der Waals surface area contributed by atoms with Crippen molar-refractivity contribution in [1.82, 2.24) is 4.90 Å². The van der Waals surface area contributed by atoms with Crippen LogP contribution in [0, 0.1) is 0 Å². The average Bonchev–Trinajstić information content (AvgIpc) is 2.49. The Balaban J connectivity index is 2.04. The van der Waals surface area contributed by atoms with Gasteiger partial charge in [-0.05, 0) is 45.6 Å². The van der Waals surface area contributed by atoms with Crippen LogP contribution in [-0.4, -0.2) is 25.5 Å². The molecule has 0 atom stereocenters. The number of hydrogen-bond donors (Lipinski definition) is 0. The van der Waals surface area contributed by atoms with E-state index in [0.717, 1.165) is 12.2 Å². The Morgan fingerprint density at radius 2 is 2.17 bits per heavy atom. The number of rotatable bonds is 5. The molecule has 1 aromatic rings. The lowest BCUT2D eigenvalue weighted by Crippen LogP contribution is -2.12. The van der Waals surface area contributed by atoms with Crippen LogP contribution >= 0.6 is 0 Å². The van der Waals surface area contributed by atoms with Crippen molar-refractivity contribution in [2.24, 2.45) is 0 Å². The molecular weight excluding hydrogens is 150 g/mol. The van der Waals surface area contributed by atoms with E-state index in [1.807, 2.05) is 12.1 Å². The van der Waals surface area contributed by atoms with Crippen LogP contribution in [0.15, 0.2) is 22.8 Å². The Morgan fingerprint density at radius 1 is 1.33 bits per heavy atom. The summed E-state index contributed by atoms with van der Waals surface area (Å²) in [6.07, 6.45) is 5.27. The summed E-state index contributed by atoms with van der Waals surface area (Å²) in [5.41, 5.74) is 0. The minimum atomic E-state index is 1.07. The first-order valence-corrected chi connectivity index (χ1v) is 4.46. The van der Waals surface area contributed by atoms with Crippen molar-refractivity contribution < 1.29 is 4.42 Å². The molecule has 0 aliphatic heterocycles. The van der Waals surface area contributed by atoms with Gasteiger partial charge in [-0.15, -0.1) is 0 Å². The summed E-state index contributed by atoms with van der Waals surface area (Å²) >= 11 is 0. The molecule has 0 aliphatic rings. The number of unbranched alkanes of at least 4 members (excludes halogenated alkanes) is 1. The maximum absolute atomic E-state index is 5.23. The maximum Gasteiger partial charge on any atom is 0.103 e. The summed E-state index contributed by atoms with van der Waals surface area (Å²) in [4.78, 5) is 2.21. The van der Waals surface area contributed by atoms with E-state index in [1.54, 1.807) is 6.26 Å². The lowest BCUT2D eigenvalue weighted by molar-refractivity contribution is 0.389. The molecule has 0 aliphatic carbocycles. The molecular formula is C10H17NO. The lowest BCUT2D eigenvalue weighted by atomic mass is 10.2. The third kappa shape index (κ3) is 3.58. The Bertz CT molecular complexity index is 192. The zero-order valence-electron chi connectivity index (χ0n) is 7.92. The number of hydrogen-bond acceptors (Lipinski definition) is 2. The molecule has 68 valence electrons. The van der Waals surface area contributed by atoms with E-state index in [9.17, 15) is 0 Å². The number of aryl methyl sites for hydroxylation is 1. The van der Waals surface area contributed by atoms with Crippen molar-refractivity contribution in [1.29, 1.82) is 0 Å². The molecule has 1 rings (SSSR count). The highest BCUT2D eigenvalue weighted by molar-refractivity contribution is 4.97. The molecule has 0 unspecified atom stereocenters. The minimum absolute atomic E-state index is 1.07. The Morgan fingerprint density at radius 3 is 2.75 bits per heavy atom. The smallest absolute Gasteiger partial charge is 0.103 e. The second-order valence-electron chi connectivity index (χ2n) is 3.34. The quantitative estimate of drug-likeness (QED) is 0.625. The molecule has 2 heteroatoms. The van der Waals surface area contributed by atoms with Crippen LogP contribution < -0.4 is 0 Å². The second kappa shape index (κ2) is 4.99. The van der Waals surface area contributed by atoms with Gasteiger partial charge in [0.25, 0.3) is 0 Å². The summed E-state index contributed by atoms with van der Waals surface area (Å²) in [6, 6.07) is 3.98. The molecule has 0 saturated heterocycles. The summed E-state index contributed by atoms with van der Waals surface area (Å²) in [6.45, 7) is 1.17. The predicted octanol–water partition coefficient (Wildman–Crippen LogP) is 2.16. The Labute approximate surface area is 74.2 Å². The van der Waals surface area contributed by atoms with Gasteiger partial charge in [0.15, 0.2) is 0 Å². The molecule has 0 saturated carbocycles. The van der Waals surface area contributed by atoms with Gasteiger partial charge in [-0.25, -0.2) is 0 Å². The van der Waals surface area contributed by atoms with Crippen molar-refractivity contribution in [3.63, 3.8) is 0 Å². The first-order valence-electron chi connectivity index (χ1n) is 4.46. The van der Waals surface area contributed by atoms with E-state index in [1.165, 1.54) is 19.4 Å². The predicted molar refractivity (Wildman–Crippen MR) is 50.2 cm³/mol. The largest absolute Gasteiger partial charge is 0.469 e. The van der Waals surface area contributed by atoms with Crippen LogP contribution in [-0.2, 0) is 6.42 Å². The van der Waals surface area contributed by atoms with E-state index < -0.39 is 0 Å². The first kappa shape index (κ1) is 9.33. The van der Waals surface area contributed by atoms with Gasteiger partial charge in [-0.1, -0.05) is 0 Å². The third-order valence-corrected chi connectivity index (χ3v) is 1.86. The molecule has 0 radical (unpaired) electrons. The molecule has 0 bridgehead atoms. The van der Waals surface area contributed by atoms with E-state index >= 15 is 0 Å². The van der Waals surface area contributed by atoms with Crippen molar-refractivity contribution in [3.05, 3.63) is 24.2 Å². The summed E-state index contributed by atoms with van der Waals surface area (Å²) in [7, 11) is 4.21. The highest BCUT2D eigenvalue weighted by Crippen LogP contribution is 2.05. The number of furan rings is 1. The average molecular weight is 167 g/mol. The number of nitrogens with zero attached hydrogens (tertiary/aromatic N) is 1. The van der Waals surface area contributed by atoms with Crippen LogP contribution in [0.1, 0.15) is 18.6 Å². The maximum atomic E-state index is 5.23. The van der Waals surface area contributed by atoms with Gasteiger partial charge in [-0.2, -0.15) is 0 Å². The van der Waals surface area contributed by atoms with Gasteiger partial charge in [-0.3, -0.25) is 0 Å². The fourth-order valence-corrected chi connectivity index (χ4v) is 1.18. The summed E-state index contributed by atoms with van der Waals surface area (Å²) < 4.78 is 5.23. The monoisotopic (exact) mass is 167 g/mol. The zero-order valence-corrected chi connectivity index (χ0v) is 7.92. The normalized spacial score (nSPS) is 10.9. The minimum Gasteiger partial charge on any atom is -0.469 e. The lowest BCUT2D eigenvalue weighted by Gasteiger charge is -2.07. The van der Waals surface area contributed by atoms with E-state index in [-0.39, 0.29) is 0 Å². The van der Waals surface area contributed by atoms with Crippen LogP contribution in [0.3, 0.4) is 0 Å². The first-order chi connectivity index (χ1) is 5.79. The van der Waals surface area contributed by atoms with E-state index in [2.05, 4.69) is 19.0 Å². The standard InChI is InChI=1S/C10H17NO/c1-11(2)8-4-3-6-10-7-5-9-12-10/h5,7,9H,3-4,6,8H2,1-2H3. The molecule has 0 aromatic carbocycles. The second-order valence-corrected chi connectivity index (χ2v) is 3.34. The van der Waals surface area contributed by atoms with Crippen molar-refractivity contribution in [2.75, 3.05) is 20.6 Å². The molecule has 2 nitrogen and oxygen atoms in total. The van der Waals surface area contributed by atoms with Crippen LogP contribution in [0.4, 0.5) is 0 Å². The topological polar surface area (TPSA) is 16.4 Å². The molecule has 12 heavy (non-hydrogen) atoms.